The number of anilines is 1. The first-order chi connectivity index (χ1) is 10.3. The summed E-state index contributed by atoms with van der Waals surface area (Å²) in [5.74, 6) is 0.640. The Hall–Kier alpha value is -2.76. The number of hydrogen-bond donors (Lipinski definition) is 1. The number of benzene rings is 1. The van der Waals surface area contributed by atoms with Crippen LogP contribution in [0.4, 0.5) is 5.95 Å². The number of aromatic nitrogens is 5. The second kappa shape index (κ2) is 6.13. The van der Waals surface area contributed by atoms with Crippen molar-refractivity contribution in [3.63, 3.8) is 0 Å². The van der Waals surface area contributed by atoms with Crippen molar-refractivity contribution in [3.8, 4) is 5.69 Å². The molecule has 0 amide bonds. The van der Waals surface area contributed by atoms with Crippen molar-refractivity contribution >= 4 is 5.95 Å². The van der Waals surface area contributed by atoms with Crippen LogP contribution in [0, 0.1) is 6.92 Å². The third kappa shape index (κ3) is 3.22. The zero-order valence-corrected chi connectivity index (χ0v) is 11.8. The molecule has 0 aliphatic heterocycles. The maximum Gasteiger partial charge on any atom is 0.247 e. The Kier molecular flexibility index (Phi) is 3.86. The Bertz CT molecular complexity index is 690. The predicted octanol–water partition coefficient (Wildman–Crippen LogP) is 2.02. The molecule has 21 heavy (non-hydrogen) atoms. The lowest BCUT2D eigenvalue weighted by Crippen LogP contribution is -2.10. The highest BCUT2D eigenvalue weighted by molar-refractivity contribution is 5.38. The molecule has 6 nitrogen and oxygen atoms in total. The molecule has 0 saturated carbocycles. The van der Waals surface area contributed by atoms with Gasteiger partial charge in [-0.05, 0) is 47.5 Å². The van der Waals surface area contributed by atoms with Crippen molar-refractivity contribution in [2.45, 2.75) is 13.3 Å². The Morgan fingerprint density at radius 1 is 1.10 bits per heavy atom. The molecule has 2 heterocycles. The number of tetrazole rings is 1. The second-order valence-electron chi connectivity index (χ2n) is 4.73. The molecule has 0 spiro atoms. The van der Waals surface area contributed by atoms with Gasteiger partial charge in [-0.15, -0.1) is 0 Å². The van der Waals surface area contributed by atoms with Crippen LogP contribution in [-0.4, -0.2) is 31.7 Å². The van der Waals surface area contributed by atoms with Gasteiger partial charge in [0.1, 0.15) is 0 Å². The lowest BCUT2D eigenvalue weighted by Gasteiger charge is -2.07. The lowest BCUT2D eigenvalue weighted by atomic mass is 10.2. The van der Waals surface area contributed by atoms with Crippen LogP contribution in [0.5, 0.6) is 0 Å². The summed E-state index contributed by atoms with van der Waals surface area (Å²) in [6.07, 6.45) is 2.77. The third-order valence-electron chi connectivity index (χ3n) is 3.14. The van der Waals surface area contributed by atoms with E-state index < -0.39 is 0 Å². The second-order valence-corrected chi connectivity index (χ2v) is 4.73. The van der Waals surface area contributed by atoms with Crippen LogP contribution >= 0.6 is 0 Å². The number of hydrogen-bond acceptors (Lipinski definition) is 5. The van der Waals surface area contributed by atoms with Crippen molar-refractivity contribution in [2.24, 2.45) is 0 Å². The van der Waals surface area contributed by atoms with Crippen molar-refractivity contribution < 1.29 is 0 Å². The summed E-state index contributed by atoms with van der Waals surface area (Å²) in [5.41, 5.74) is 3.15. The van der Waals surface area contributed by atoms with Crippen LogP contribution < -0.4 is 5.32 Å². The van der Waals surface area contributed by atoms with Crippen LogP contribution in [0.25, 0.3) is 5.69 Å². The minimum absolute atomic E-state index is 0.640. The molecule has 0 radical (unpaired) electrons. The number of aryl methyl sites for hydroxylation is 1. The van der Waals surface area contributed by atoms with E-state index in [4.69, 9.17) is 0 Å². The minimum Gasteiger partial charge on any atom is -0.352 e. The van der Waals surface area contributed by atoms with Crippen LogP contribution in [-0.2, 0) is 6.42 Å². The van der Waals surface area contributed by atoms with E-state index >= 15 is 0 Å². The number of nitrogens with zero attached hydrogens (tertiary/aromatic N) is 5. The Morgan fingerprint density at radius 3 is 2.71 bits per heavy atom. The van der Waals surface area contributed by atoms with Gasteiger partial charge in [0, 0.05) is 18.4 Å². The molecule has 6 heteroatoms. The summed E-state index contributed by atoms with van der Waals surface area (Å²) in [5, 5.41) is 15.0. The van der Waals surface area contributed by atoms with Crippen molar-refractivity contribution in [1.82, 2.24) is 25.2 Å². The van der Waals surface area contributed by atoms with Crippen molar-refractivity contribution in [2.75, 3.05) is 11.9 Å². The van der Waals surface area contributed by atoms with Gasteiger partial charge in [0.15, 0.2) is 0 Å². The Balaban J connectivity index is 1.64. The topological polar surface area (TPSA) is 68.5 Å². The molecule has 3 aromatic rings. The molecule has 3 rings (SSSR count). The van der Waals surface area contributed by atoms with Gasteiger partial charge in [-0.25, -0.2) is 0 Å². The van der Waals surface area contributed by atoms with Crippen molar-refractivity contribution in [1.29, 1.82) is 0 Å². The van der Waals surface area contributed by atoms with E-state index in [2.05, 4.69) is 31.9 Å². The van der Waals surface area contributed by atoms with Gasteiger partial charge < -0.3 is 5.32 Å². The van der Waals surface area contributed by atoms with E-state index in [9.17, 15) is 0 Å². The van der Waals surface area contributed by atoms with Crippen LogP contribution in [0.3, 0.4) is 0 Å². The summed E-state index contributed by atoms with van der Waals surface area (Å²) >= 11 is 0. The number of pyridine rings is 1. The predicted molar refractivity (Wildman–Crippen MR) is 80.3 cm³/mol. The van der Waals surface area contributed by atoms with E-state index in [1.807, 2.05) is 49.5 Å². The average molecular weight is 280 g/mol. The summed E-state index contributed by atoms with van der Waals surface area (Å²) in [4.78, 5) is 4.29. The van der Waals surface area contributed by atoms with E-state index in [-0.39, 0.29) is 0 Å². The quantitative estimate of drug-likeness (QED) is 0.774. The summed E-state index contributed by atoms with van der Waals surface area (Å²) in [6.45, 7) is 2.73. The number of para-hydroxylation sites is 1. The monoisotopic (exact) mass is 280 g/mol. The van der Waals surface area contributed by atoms with Gasteiger partial charge in [-0.1, -0.05) is 29.4 Å². The Morgan fingerprint density at radius 2 is 1.95 bits per heavy atom. The molecular weight excluding hydrogens is 264 g/mol. The van der Waals surface area contributed by atoms with Crippen molar-refractivity contribution in [3.05, 3.63) is 59.9 Å². The maximum absolute atomic E-state index is 4.29. The highest BCUT2D eigenvalue weighted by Gasteiger charge is 2.06. The van der Waals surface area contributed by atoms with Gasteiger partial charge >= 0.3 is 0 Å². The summed E-state index contributed by atoms with van der Waals surface area (Å²) < 4.78 is 1.69. The molecule has 0 fully saturated rings. The third-order valence-corrected chi connectivity index (χ3v) is 3.14. The first kappa shape index (κ1) is 13.2. The molecule has 1 aromatic carbocycles. The smallest absolute Gasteiger partial charge is 0.247 e. The fraction of sp³-hybridized carbons (Fsp3) is 0.200. The van der Waals surface area contributed by atoms with Gasteiger partial charge in [0.2, 0.25) is 5.95 Å². The molecule has 0 unspecified atom stereocenters. The minimum atomic E-state index is 0.640. The SMILES string of the molecule is Cc1ccc(CCNc2nnnn2-c2ccccc2)cn1. The summed E-state index contributed by atoms with van der Waals surface area (Å²) in [6, 6.07) is 13.9. The standard InChI is InChI=1S/C15H16N6/c1-12-7-8-13(11-17-12)9-10-16-15-18-19-20-21(15)14-5-3-2-4-6-14/h2-8,11H,9-10H2,1H3,(H,16,18,20). The van der Waals surface area contributed by atoms with E-state index in [0.29, 0.717) is 5.95 Å². The normalized spacial score (nSPS) is 10.5. The first-order valence-corrected chi connectivity index (χ1v) is 6.82. The maximum atomic E-state index is 4.29. The van der Waals surface area contributed by atoms with Crippen LogP contribution in [0.2, 0.25) is 0 Å². The number of nitrogens with one attached hydrogen (secondary N) is 1. The molecule has 106 valence electrons. The van der Waals surface area contributed by atoms with Gasteiger partial charge in [-0.3, -0.25) is 4.98 Å². The Labute approximate surface area is 122 Å². The molecule has 0 atom stereocenters. The fourth-order valence-corrected chi connectivity index (χ4v) is 2.01. The molecular formula is C15H16N6. The zero-order valence-electron chi connectivity index (χ0n) is 11.8. The van der Waals surface area contributed by atoms with Crippen LogP contribution in [0.1, 0.15) is 11.3 Å². The average Bonchev–Trinajstić information content (AvgIpc) is 2.99. The van der Waals surface area contributed by atoms with Gasteiger partial charge in [-0.2, -0.15) is 4.68 Å². The first-order valence-electron chi connectivity index (χ1n) is 6.82. The van der Waals surface area contributed by atoms with Gasteiger partial charge in [0.25, 0.3) is 0 Å². The molecule has 1 N–H and O–H groups in total. The highest BCUT2D eigenvalue weighted by Crippen LogP contribution is 2.10. The molecule has 0 aliphatic carbocycles. The number of rotatable bonds is 5. The molecule has 0 aliphatic rings. The highest BCUT2D eigenvalue weighted by atomic mass is 15.6. The zero-order chi connectivity index (χ0) is 14.5. The van der Waals surface area contributed by atoms with E-state index in [1.165, 1.54) is 5.56 Å². The van der Waals surface area contributed by atoms with Crippen LogP contribution in [0.15, 0.2) is 48.7 Å². The molecule has 2 aromatic heterocycles. The molecule has 0 saturated heterocycles. The fourth-order valence-electron chi connectivity index (χ4n) is 2.01. The summed E-state index contributed by atoms with van der Waals surface area (Å²) in [7, 11) is 0. The van der Waals surface area contributed by atoms with E-state index in [0.717, 1.165) is 24.3 Å². The van der Waals surface area contributed by atoms with Gasteiger partial charge in [0.05, 0.1) is 5.69 Å². The van der Waals surface area contributed by atoms with E-state index in [1.54, 1.807) is 4.68 Å². The lowest BCUT2D eigenvalue weighted by molar-refractivity contribution is 0.788. The molecule has 0 bridgehead atoms. The largest absolute Gasteiger partial charge is 0.352 e.